The lowest BCUT2D eigenvalue weighted by Gasteiger charge is -2.12. The van der Waals surface area contributed by atoms with Gasteiger partial charge < -0.3 is 19.7 Å². The SMILES string of the molecule is COc1ccc(-c2noc([C@@H](C)NCCC(C)C)c2C(=O)O)cc1. The van der Waals surface area contributed by atoms with Crippen LogP contribution < -0.4 is 10.1 Å². The predicted molar refractivity (Wildman–Crippen MR) is 91.3 cm³/mol. The Morgan fingerprint density at radius 1 is 1.29 bits per heavy atom. The first-order valence-corrected chi connectivity index (χ1v) is 8.04. The molecule has 0 aliphatic carbocycles. The molecule has 1 heterocycles. The number of carboxylic acids is 1. The summed E-state index contributed by atoms with van der Waals surface area (Å²) in [6.07, 6.45) is 1.01. The van der Waals surface area contributed by atoms with Crippen molar-refractivity contribution in [2.24, 2.45) is 5.92 Å². The molecule has 0 aliphatic heterocycles. The normalized spacial score (nSPS) is 12.4. The van der Waals surface area contributed by atoms with Gasteiger partial charge in [-0.3, -0.25) is 0 Å². The first-order chi connectivity index (χ1) is 11.4. The van der Waals surface area contributed by atoms with E-state index in [-0.39, 0.29) is 11.6 Å². The minimum absolute atomic E-state index is 0.102. The molecule has 0 amide bonds. The highest BCUT2D eigenvalue weighted by molar-refractivity contribution is 5.96. The lowest BCUT2D eigenvalue weighted by Crippen LogP contribution is -2.22. The molecule has 0 unspecified atom stereocenters. The van der Waals surface area contributed by atoms with Gasteiger partial charge in [0, 0.05) is 5.56 Å². The summed E-state index contributed by atoms with van der Waals surface area (Å²) in [5, 5.41) is 16.9. The summed E-state index contributed by atoms with van der Waals surface area (Å²) < 4.78 is 10.5. The molecule has 6 heteroatoms. The molecule has 0 fully saturated rings. The maximum absolute atomic E-state index is 11.7. The average Bonchev–Trinajstić information content (AvgIpc) is 2.99. The molecule has 0 saturated carbocycles. The lowest BCUT2D eigenvalue weighted by atomic mass is 10.0. The number of hydrogen-bond acceptors (Lipinski definition) is 5. The Morgan fingerprint density at radius 3 is 2.50 bits per heavy atom. The van der Waals surface area contributed by atoms with Crippen molar-refractivity contribution in [1.82, 2.24) is 10.5 Å². The molecule has 6 nitrogen and oxygen atoms in total. The molecule has 0 radical (unpaired) electrons. The zero-order valence-electron chi connectivity index (χ0n) is 14.5. The molecule has 24 heavy (non-hydrogen) atoms. The van der Waals surface area contributed by atoms with Crippen LogP contribution in [0.15, 0.2) is 28.8 Å². The van der Waals surface area contributed by atoms with E-state index in [1.54, 1.807) is 31.4 Å². The molecule has 130 valence electrons. The van der Waals surface area contributed by atoms with Crippen molar-refractivity contribution in [2.75, 3.05) is 13.7 Å². The molecule has 2 N–H and O–H groups in total. The second-order valence-corrected chi connectivity index (χ2v) is 6.16. The molecule has 0 spiro atoms. The quantitative estimate of drug-likeness (QED) is 0.766. The minimum Gasteiger partial charge on any atom is -0.497 e. The van der Waals surface area contributed by atoms with E-state index in [9.17, 15) is 9.90 Å². The average molecular weight is 332 g/mol. The number of rotatable bonds is 8. The fraction of sp³-hybridized carbons (Fsp3) is 0.444. The Labute approximate surface area is 141 Å². The fourth-order valence-corrected chi connectivity index (χ4v) is 2.43. The van der Waals surface area contributed by atoms with Crippen LogP contribution in [0.3, 0.4) is 0 Å². The van der Waals surface area contributed by atoms with Crippen molar-refractivity contribution in [2.45, 2.75) is 33.2 Å². The summed E-state index contributed by atoms with van der Waals surface area (Å²) in [6.45, 7) is 6.96. The molecule has 0 aliphatic rings. The Balaban J connectivity index is 2.27. The van der Waals surface area contributed by atoms with Crippen LogP contribution in [0.1, 0.15) is 49.4 Å². The third-order valence-electron chi connectivity index (χ3n) is 3.86. The monoisotopic (exact) mass is 332 g/mol. The highest BCUT2D eigenvalue weighted by Gasteiger charge is 2.26. The first kappa shape index (κ1) is 18.0. The van der Waals surface area contributed by atoms with E-state index in [0.717, 1.165) is 13.0 Å². The van der Waals surface area contributed by atoms with Gasteiger partial charge >= 0.3 is 5.97 Å². The topological polar surface area (TPSA) is 84.6 Å². The molecule has 1 aromatic heterocycles. The lowest BCUT2D eigenvalue weighted by molar-refractivity contribution is 0.0694. The van der Waals surface area contributed by atoms with E-state index in [1.165, 1.54) is 0 Å². The number of nitrogens with one attached hydrogen (secondary N) is 1. The van der Waals surface area contributed by atoms with Crippen LogP contribution in [0.4, 0.5) is 0 Å². The number of aromatic carboxylic acids is 1. The minimum atomic E-state index is -1.05. The van der Waals surface area contributed by atoms with Gasteiger partial charge in [-0.15, -0.1) is 0 Å². The van der Waals surface area contributed by atoms with E-state index in [1.807, 2.05) is 6.92 Å². The number of carboxylic acid groups (broad SMARTS) is 1. The number of benzene rings is 1. The Morgan fingerprint density at radius 2 is 1.96 bits per heavy atom. The van der Waals surface area contributed by atoms with E-state index in [2.05, 4.69) is 24.3 Å². The summed E-state index contributed by atoms with van der Waals surface area (Å²) in [6, 6.07) is 6.83. The van der Waals surface area contributed by atoms with E-state index >= 15 is 0 Å². The van der Waals surface area contributed by atoms with Crippen molar-refractivity contribution >= 4 is 5.97 Å². The zero-order valence-corrected chi connectivity index (χ0v) is 14.5. The van der Waals surface area contributed by atoms with Gasteiger partial charge in [-0.1, -0.05) is 19.0 Å². The Bertz CT molecular complexity index is 677. The maximum atomic E-state index is 11.7. The summed E-state index contributed by atoms with van der Waals surface area (Å²) in [7, 11) is 1.58. The van der Waals surface area contributed by atoms with Crippen molar-refractivity contribution in [3.8, 4) is 17.0 Å². The summed E-state index contributed by atoms with van der Waals surface area (Å²) >= 11 is 0. The largest absolute Gasteiger partial charge is 0.497 e. The van der Waals surface area contributed by atoms with Crippen LogP contribution in [-0.2, 0) is 0 Å². The molecular formula is C18H24N2O4. The number of aromatic nitrogens is 1. The smallest absolute Gasteiger partial charge is 0.341 e. The van der Waals surface area contributed by atoms with Gasteiger partial charge in [-0.25, -0.2) is 4.79 Å². The van der Waals surface area contributed by atoms with Gasteiger partial charge in [0.2, 0.25) is 0 Å². The number of nitrogens with zero attached hydrogens (tertiary/aromatic N) is 1. The number of hydrogen-bond donors (Lipinski definition) is 2. The maximum Gasteiger partial charge on any atom is 0.341 e. The Kier molecular flexibility index (Phi) is 5.98. The zero-order chi connectivity index (χ0) is 17.7. The fourth-order valence-electron chi connectivity index (χ4n) is 2.43. The predicted octanol–water partition coefficient (Wildman–Crippen LogP) is 3.75. The number of ether oxygens (including phenoxy) is 1. The Hall–Kier alpha value is -2.34. The first-order valence-electron chi connectivity index (χ1n) is 8.04. The van der Waals surface area contributed by atoms with Gasteiger partial charge in [0.05, 0.1) is 13.2 Å². The summed E-state index contributed by atoms with van der Waals surface area (Å²) in [4.78, 5) is 11.7. The molecular weight excluding hydrogens is 308 g/mol. The molecule has 2 aromatic rings. The van der Waals surface area contributed by atoms with Gasteiger partial charge in [0.1, 0.15) is 17.0 Å². The van der Waals surface area contributed by atoms with Crippen LogP contribution in [0.25, 0.3) is 11.3 Å². The second-order valence-electron chi connectivity index (χ2n) is 6.16. The molecule has 1 atom stereocenters. The third-order valence-corrected chi connectivity index (χ3v) is 3.86. The second kappa shape index (κ2) is 7.97. The number of methoxy groups -OCH3 is 1. The van der Waals surface area contributed by atoms with Gasteiger partial charge in [-0.05, 0) is 50.1 Å². The molecule has 0 saturated heterocycles. The summed E-state index contributed by atoms with van der Waals surface area (Å²) in [5.74, 6) is 0.572. The third kappa shape index (κ3) is 4.14. The number of carbonyl (C=O) groups is 1. The standard InChI is InChI=1S/C18H24N2O4/c1-11(2)9-10-19-12(3)17-15(18(21)22)16(20-24-17)13-5-7-14(23-4)8-6-13/h5-8,11-12,19H,9-10H2,1-4H3,(H,21,22)/t12-/m1/s1. The van der Waals surface area contributed by atoms with Crippen LogP contribution in [-0.4, -0.2) is 29.9 Å². The van der Waals surface area contributed by atoms with Crippen molar-refractivity contribution in [3.05, 3.63) is 35.6 Å². The van der Waals surface area contributed by atoms with Crippen molar-refractivity contribution < 1.29 is 19.2 Å². The van der Waals surface area contributed by atoms with Crippen LogP contribution in [0, 0.1) is 5.92 Å². The van der Waals surface area contributed by atoms with Crippen LogP contribution in [0.5, 0.6) is 5.75 Å². The molecule has 1 aromatic carbocycles. The van der Waals surface area contributed by atoms with E-state index < -0.39 is 5.97 Å². The molecule has 0 bridgehead atoms. The highest BCUT2D eigenvalue weighted by atomic mass is 16.5. The van der Waals surface area contributed by atoms with Crippen LogP contribution in [0.2, 0.25) is 0 Å². The van der Waals surface area contributed by atoms with Gasteiger partial charge in [0.25, 0.3) is 0 Å². The van der Waals surface area contributed by atoms with Gasteiger partial charge in [-0.2, -0.15) is 0 Å². The summed E-state index contributed by atoms with van der Waals surface area (Å²) in [5.41, 5.74) is 1.11. The van der Waals surface area contributed by atoms with E-state index in [0.29, 0.717) is 28.7 Å². The van der Waals surface area contributed by atoms with Crippen molar-refractivity contribution in [3.63, 3.8) is 0 Å². The van der Waals surface area contributed by atoms with Crippen molar-refractivity contribution in [1.29, 1.82) is 0 Å². The molecule has 2 rings (SSSR count). The van der Waals surface area contributed by atoms with E-state index in [4.69, 9.17) is 9.26 Å². The highest BCUT2D eigenvalue weighted by Crippen LogP contribution is 2.30. The van der Waals surface area contributed by atoms with Crippen LogP contribution >= 0.6 is 0 Å². The van der Waals surface area contributed by atoms with Gasteiger partial charge in [0.15, 0.2) is 5.76 Å².